The van der Waals surface area contributed by atoms with Gasteiger partial charge in [0.15, 0.2) is 6.61 Å². The van der Waals surface area contributed by atoms with Crippen molar-refractivity contribution < 1.29 is 19.1 Å². The van der Waals surface area contributed by atoms with Crippen LogP contribution in [0.1, 0.15) is 10.4 Å². The molecule has 0 aliphatic rings. The number of urea groups is 1. The van der Waals surface area contributed by atoms with Crippen molar-refractivity contribution in [2.45, 2.75) is 0 Å². The number of ether oxygens (including phenoxy) is 1. The molecule has 0 aliphatic heterocycles. The maximum Gasteiger partial charge on any atom is 0.339 e. The van der Waals surface area contributed by atoms with Gasteiger partial charge in [0, 0.05) is 15.4 Å². The number of aromatic nitrogens is 1. The van der Waals surface area contributed by atoms with E-state index in [4.69, 9.17) is 10.5 Å². The molecule has 0 saturated carbocycles. The first-order chi connectivity index (χ1) is 12.9. The monoisotopic (exact) mass is 427 g/mol. The molecule has 0 spiro atoms. The average Bonchev–Trinajstić information content (AvgIpc) is 2.65. The van der Waals surface area contributed by atoms with Crippen LogP contribution < -0.4 is 11.1 Å². The van der Waals surface area contributed by atoms with Crippen molar-refractivity contribution in [1.29, 1.82) is 0 Å². The Hall–Kier alpha value is -3.26. The van der Waals surface area contributed by atoms with Crippen LogP contribution in [-0.2, 0) is 9.53 Å². The second-order valence-electron chi connectivity index (χ2n) is 5.57. The number of imide groups is 1. The summed E-state index contributed by atoms with van der Waals surface area (Å²) in [6.07, 6.45) is 0. The molecule has 0 radical (unpaired) electrons. The van der Waals surface area contributed by atoms with Crippen LogP contribution in [0, 0.1) is 0 Å². The van der Waals surface area contributed by atoms with Gasteiger partial charge in [0.2, 0.25) is 0 Å². The predicted octanol–water partition coefficient (Wildman–Crippen LogP) is 3.02. The van der Waals surface area contributed by atoms with Gasteiger partial charge in [0.05, 0.1) is 16.8 Å². The Balaban J connectivity index is 1.95. The van der Waals surface area contributed by atoms with Gasteiger partial charge in [0.25, 0.3) is 5.91 Å². The number of nitrogens with two attached hydrogens (primary N) is 1. The van der Waals surface area contributed by atoms with Crippen LogP contribution in [0.15, 0.2) is 59.1 Å². The molecule has 0 fully saturated rings. The Morgan fingerprint density at radius 1 is 1.07 bits per heavy atom. The number of hydrogen-bond donors (Lipinski definition) is 2. The van der Waals surface area contributed by atoms with Crippen LogP contribution in [0.4, 0.5) is 4.79 Å². The number of pyridine rings is 1. The number of fused-ring (bicyclic) bond motifs is 1. The first-order valence-corrected chi connectivity index (χ1v) is 8.65. The zero-order chi connectivity index (χ0) is 19.4. The lowest BCUT2D eigenvalue weighted by Gasteiger charge is -2.10. The predicted molar refractivity (Wildman–Crippen MR) is 103 cm³/mol. The Kier molecular flexibility index (Phi) is 5.46. The van der Waals surface area contributed by atoms with E-state index in [1.54, 1.807) is 24.3 Å². The molecule has 136 valence electrons. The molecule has 3 amide bonds. The fraction of sp³-hybridized carbons (Fsp3) is 0.0526. The van der Waals surface area contributed by atoms with Crippen molar-refractivity contribution in [2.75, 3.05) is 6.61 Å². The summed E-state index contributed by atoms with van der Waals surface area (Å²) in [4.78, 5) is 39.3. The minimum absolute atomic E-state index is 0.269. The minimum atomic E-state index is -1.01. The maximum absolute atomic E-state index is 12.5. The SMILES string of the molecule is NC(=O)NC(=O)COC(=O)c1cc(-c2ccc(Br)cc2)nc2ccccc12. The van der Waals surface area contributed by atoms with Crippen LogP contribution in [0.2, 0.25) is 0 Å². The molecule has 0 bridgehead atoms. The highest BCUT2D eigenvalue weighted by molar-refractivity contribution is 9.10. The van der Waals surface area contributed by atoms with E-state index < -0.39 is 24.5 Å². The van der Waals surface area contributed by atoms with E-state index in [1.165, 1.54) is 0 Å². The van der Waals surface area contributed by atoms with Crippen molar-refractivity contribution in [2.24, 2.45) is 5.73 Å². The third-order valence-corrected chi connectivity index (χ3v) is 4.20. The van der Waals surface area contributed by atoms with E-state index in [0.29, 0.717) is 16.6 Å². The second-order valence-corrected chi connectivity index (χ2v) is 6.48. The van der Waals surface area contributed by atoms with Gasteiger partial charge in [-0.3, -0.25) is 10.1 Å². The zero-order valence-corrected chi connectivity index (χ0v) is 15.5. The molecule has 2 aromatic carbocycles. The fourth-order valence-electron chi connectivity index (χ4n) is 2.50. The topological polar surface area (TPSA) is 111 Å². The number of esters is 1. The number of benzene rings is 2. The van der Waals surface area contributed by atoms with E-state index >= 15 is 0 Å². The molecular formula is C19H14BrN3O4. The summed E-state index contributed by atoms with van der Waals surface area (Å²) < 4.78 is 5.94. The number of rotatable bonds is 4. The molecule has 0 aliphatic carbocycles. The lowest BCUT2D eigenvalue weighted by Crippen LogP contribution is -2.37. The van der Waals surface area contributed by atoms with Crippen LogP contribution in [0.5, 0.6) is 0 Å². The molecule has 7 nitrogen and oxygen atoms in total. The first kappa shape index (κ1) is 18.5. The molecule has 3 rings (SSSR count). The van der Waals surface area contributed by atoms with Gasteiger partial charge in [0.1, 0.15) is 0 Å². The highest BCUT2D eigenvalue weighted by Gasteiger charge is 2.17. The van der Waals surface area contributed by atoms with Gasteiger partial charge in [-0.05, 0) is 24.3 Å². The van der Waals surface area contributed by atoms with Crippen molar-refractivity contribution >= 4 is 44.7 Å². The number of halogens is 1. The summed E-state index contributed by atoms with van der Waals surface area (Å²) in [7, 11) is 0. The van der Waals surface area contributed by atoms with Crippen molar-refractivity contribution in [3.05, 3.63) is 64.6 Å². The number of primary amides is 1. The van der Waals surface area contributed by atoms with E-state index in [1.807, 2.05) is 35.6 Å². The normalized spacial score (nSPS) is 10.4. The summed E-state index contributed by atoms with van der Waals surface area (Å²) in [5.41, 5.74) is 7.16. The molecule has 3 N–H and O–H groups in total. The van der Waals surface area contributed by atoms with Gasteiger partial charge in [-0.15, -0.1) is 0 Å². The quantitative estimate of drug-likeness (QED) is 0.621. The van der Waals surface area contributed by atoms with E-state index in [2.05, 4.69) is 20.9 Å². The fourth-order valence-corrected chi connectivity index (χ4v) is 2.76. The van der Waals surface area contributed by atoms with Crippen molar-refractivity contribution in [3.63, 3.8) is 0 Å². The summed E-state index contributed by atoms with van der Waals surface area (Å²) in [5.74, 6) is -1.51. The zero-order valence-electron chi connectivity index (χ0n) is 13.9. The number of amides is 3. The lowest BCUT2D eigenvalue weighted by atomic mass is 10.0. The highest BCUT2D eigenvalue weighted by Crippen LogP contribution is 2.26. The average molecular weight is 428 g/mol. The van der Waals surface area contributed by atoms with Crippen molar-refractivity contribution in [3.8, 4) is 11.3 Å². The number of hydrogen-bond acceptors (Lipinski definition) is 5. The summed E-state index contributed by atoms with van der Waals surface area (Å²) in [6, 6.07) is 15.2. The Morgan fingerprint density at radius 3 is 2.48 bits per heavy atom. The van der Waals surface area contributed by atoms with Gasteiger partial charge in [-0.1, -0.05) is 46.3 Å². The molecular weight excluding hydrogens is 414 g/mol. The molecule has 0 saturated heterocycles. The van der Waals surface area contributed by atoms with Gasteiger partial charge in [-0.2, -0.15) is 0 Å². The number of para-hydroxylation sites is 1. The molecule has 1 heterocycles. The summed E-state index contributed by atoms with van der Waals surface area (Å²) in [6.45, 7) is -0.619. The molecule has 27 heavy (non-hydrogen) atoms. The molecule has 8 heteroatoms. The van der Waals surface area contributed by atoms with Crippen LogP contribution in [-0.4, -0.2) is 29.5 Å². The van der Waals surface area contributed by atoms with E-state index in [-0.39, 0.29) is 5.56 Å². The number of carbonyl (C=O) groups is 3. The van der Waals surface area contributed by atoms with Gasteiger partial charge < -0.3 is 10.5 Å². The molecule has 0 atom stereocenters. The molecule has 3 aromatic rings. The Morgan fingerprint density at radius 2 is 1.78 bits per heavy atom. The molecule has 0 unspecified atom stereocenters. The smallest absolute Gasteiger partial charge is 0.339 e. The minimum Gasteiger partial charge on any atom is -0.452 e. The van der Waals surface area contributed by atoms with Gasteiger partial charge in [-0.25, -0.2) is 14.6 Å². The first-order valence-electron chi connectivity index (χ1n) is 7.86. The van der Waals surface area contributed by atoms with E-state index in [0.717, 1.165) is 10.0 Å². The number of nitrogens with one attached hydrogen (secondary N) is 1. The third-order valence-electron chi connectivity index (χ3n) is 3.67. The number of nitrogens with zero attached hydrogens (tertiary/aromatic N) is 1. The lowest BCUT2D eigenvalue weighted by molar-refractivity contribution is -0.123. The van der Waals surface area contributed by atoms with Gasteiger partial charge >= 0.3 is 12.0 Å². The van der Waals surface area contributed by atoms with Crippen molar-refractivity contribution in [1.82, 2.24) is 10.3 Å². The Labute approximate surface area is 162 Å². The third kappa shape index (κ3) is 4.48. The highest BCUT2D eigenvalue weighted by atomic mass is 79.9. The maximum atomic E-state index is 12.5. The van der Waals surface area contributed by atoms with E-state index in [9.17, 15) is 14.4 Å². The second kappa shape index (κ2) is 7.96. The largest absolute Gasteiger partial charge is 0.452 e. The number of carbonyl (C=O) groups excluding carboxylic acids is 3. The standard InChI is InChI=1S/C19H14BrN3O4/c20-12-7-5-11(6-8-12)16-9-14(13-3-1-2-4-15(13)22-16)18(25)27-10-17(24)23-19(21)26/h1-9H,10H2,(H3,21,23,24,26). The Bertz CT molecular complexity index is 1030. The summed E-state index contributed by atoms with van der Waals surface area (Å²) >= 11 is 3.38. The van der Waals surface area contributed by atoms with Crippen LogP contribution in [0.25, 0.3) is 22.2 Å². The summed E-state index contributed by atoms with van der Waals surface area (Å²) in [5, 5.41) is 2.43. The van der Waals surface area contributed by atoms with Crippen LogP contribution in [0.3, 0.4) is 0 Å². The molecule has 1 aromatic heterocycles. The van der Waals surface area contributed by atoms with Crippen LogP contribution >= 0.6 is 15.9 Å².